The van der Waals surface area contributed by atoms with E-state index in [-0.39, 0.29) is 12.7 Å². The van der Waals surface area contributed by atoms with Gasteiger partial charge in [0.25, 0.3) is 5.91 Å². The molecule has 8 nitrogen and oxygen atoms in total. The Morgan fingerprint density at radius 2 is 2.20 bits per heavy atom. The van der Waals surface area contributed by atoms with Gasteiger partial charge in [0.1, 0.15) is 0 Å². The summed E-state index contributed by atoms with van der Waals surface area (Å²) in [5.41, 5.74) is 4.43. The van der Waals surface area contributed by atoms with Crippen LogP contribution in [0.15, 0.2) is 24.3 Å². The van der Waals surface area contributed by atoms with Crippen LogP contribution in [0.2, 0.25) is 0 Å². The van der Waals surface area contributed by atoms with Crippen molar-refractivity contribution in [3.8, 4) is 0 Å². The van der Waals surface area contributed by atoms with Crippen LogP contribution in [0.3, 0.4) is 0 Å². The second-order valence-corrected chi connectivity index (χ2v) is 5.77. The second-order valence-electron chi connectivity index (χ2n) is 4.74. The number of nitrogens with one attached hydrogen (secondary N) is 1. The highest BCUT2D eigenvalue weighted by atomic mass is 32.3. The summed E-state index contributed by atoms with van der Waals surface area (Å²) in [7, 11) is -4.86. The molecule has 0 aliphatic carbocycles. The Labute approximate surface area is 115 Å². The van der Waals surface area contributed by atoms with Gasteiger partial charge >= 0.3 is 10.4 Å². The van der Waals surface area contributed by atoms with Gasteiger partial charge in [0.05, 0.1) is 6.67 Å². The molecule has 1 amide bonds. The largest absolute Gasteiger partial charge is 0.400 e. The molecule has 2 heterocycles. The van der Waals surface area contributed by atoms with Crippen molar-refractivity contribution in [2.24, 2.45) is 5.73 Å². The Bertz CT molecular complexity index is 676. The second kappa shape index (κ2) is 4.24. The normalized spacial score (nSPS) is 31.9. The average Bonchev–Trinajstić information content (AvgIpc) is 2.80. The number of nitrogens with zero attached hydrogens (tertiary/aromatic N) is 1. The highest BCUT2D eigenvalue weighted by Gasteiger charge is 2.56. The molecule has 0 saturated carbocycles. The minimum absolute atomic E-state index is 0.0383. The van der Waals surface area contributed by atoms with Crippen LogP contribution < -0.4 is 11.1 Å². The van der Waals surface area contributed by atoms with Crippen LogP contribution in [-0.2, 0) is 25.1 Å². The third kappa shape index (κ3) is 1.83. The number of hydrogen-bond donors (Lipinski definition) is 3. The molecule has 3 atom stereocenters. The van der Waals surface area contributed by atoms with Crippen LogP contribution in [0.25, 0.3) is 0 Å². The molecular formula is C11H13N3O5S. The van der Waals surface area contributed by atoms with Gasteiger partial charge in [-0.2, -0.15) is 8.42 Å². The van der Waals surface area contributed by atoms with E-state index < -0.39 is 22.0 Å². The first kappa shape index (κ1) is 13.5. The van der Waals surface area contributed by atoms with E-state index in [1.807, 2.05) is 0 Å². The molecule has 1 aromatic carbocycles. The molecule has 0 aromatic heterocycles. The fourth-order valence-corrected chi connectivity index (χ4v) is 3.46. The Morgan fingerprint density at radius 3 is 2.85 bits per heavy atom. The van der Waals surface area contributed by atoms with Crippen LogP contribution in [0.4, 0.5) is 0 Å². The van der Waals surface area contributed by atoms with Crippen LogP contribution in [0.5, 0.6) is 0 Å². The van der Waals surface area contributed by atoms with Crippen LogP contribution in [-0.4, -0.2) is 37.0 Å². The van der Waals surface area contributed by atoms with E-state index in [9.17, 15) is 13.2 Å². The molecular weight excluding hydrogens is 286 g/mol. The van der Waals surface area contributed by atoms with Crippen molar-refractivity contribution in [1.29, 1.82) is 0 Å². The van der Waals surface area contributed by atoms with Crippen LogP contribution >= 0.6 is 0 Å². The first-order valence-electron chi connectivity index (χ1n) is 5.90. The zero-order valence-corrected chi connectivity index (χ0v) is 11.1. The van der Waals surface area contributed by atoms with Crippen molar-refractivity contribution in [3.63, 3.8) is 0 Å². The maximum absolute atomic E-state index is 12.0. The van der Waals surface area contributed by atoms with Gasteiger partial charge in [0.15, 0.2) is 0 Å². The van der Waals surface area contributed by atoms with Crippen molar-refractivity contribution >= 4 is 16.3 Å². The lowest BCUT2D eigenvalue weighted by Crippen LogP contribution is -2.58. The molecule has 0 spiro atoms. The number of amides is 1. The Balaban J connectivity index is 2.26. The van der Waals surface area contributed by atoms with Gasteiger partial charge in [-0.1, -0.05) is 24.3 Å². The van der Waals surface area contributed by atoms with Gasteiger partial charge in [-0.25, -0.2) is 9.08 Å². The van der Waals surface area contributed by atoms with Crippen LogP contribution in [0, 0.1) is 0 Å². The molecule has 20 heavy (non-hydrogen) atoms. The Kier molecular flexibility index (Phi) is 2.85. The maximum atomic E-state index is 12.0. The third-order valence-electron chi connectivity index (χ3n) is 3.64. The lowest BCUT2D eigenvalue weighted by Gasteiger charge is -2.40. The predicted octanol–water partition coefficient (Wildman–Crippen LogP) is -0.938. The van der Waals surface area contributed by atoms with E-state index in [1.165, 1.54) is 4.90 Å². The summed E-state index contributed by atoms with van der Waals surface area (Å²) in [6, 6.07) is 6.71. The van der Waals surface area contributed by atoms with Crippen molar-refractivity contribution in [2.45, 2.75) is 11.8 Å². The Hall–Kier alpha value is -1.52. The first-order valence-corrected chi connectivity index (χ1v) is 7.27. The highest BCUT2D eigenvalue weighted by Crippen LogP contribution is 2.43. The van der Waals surface area contributed by atoms with Crippen molar-refractivity contribution in [3.05, 3.63) is 35.4 Å². The summed E-state index contributed by atoms with van der Waals surface area (Å²) >= 11 is 0. The zero-order chi connectivity index (χ0) is 14.5. The third-order valence-corrected chi connectivity index (χ3v) is 4.09. The molecule has 3 rings (SSSR count). The van der Waals surface area contributed by atoms with E-state index in [2.05, 4.69) is 5.32 Å². The number of rotatable bonds is 3. The summed E-state index contributed by atoms with van der Waals surface area (Å²) in [5.74, 6) is -0.996. The summed E-state index contributed by atoms with van der Waals surface area (Å²) in [6.07, 6.45) is 0. The fraction of sp³-hybridized carbons (Fsp3) is 0.364. The molecule has 2 aliphatic rings. The monoisotopic (exact) mass is 299 g/mol. The summed E-state index contributed by atoms with van der Waals surface area (Å²) < 4.78 is 36.1. The lowest BCUT2D eigenvalue weighted by atomic mass is 9.88. The first-order chi connectivity index (χ1) is 9.34. The lowest BCUT2D eigenvalue weighted by molar-refractivity contribution is -0.156. The number of benzene rings is 1. The number of fused-ring (bicyclic) bond motifs is 4. The van der Waals surface area contributed by atoms with Crippen molar-refractivity contribution in [1.82, 2.24) is 10.2 Å². The van der Waals surface area contributed by atoms with E-state index in [1.54, 1.807) is 24.3 Å². The zero-order valence-electron chi connectivity index (χ0n) is 10.3. The highest BCUT2D eigenvalue weighted by molar-refractivity contribution is 7.80. The molecule has 1 fully saturated rings. The van der Waals surface area contributed by atoms with Crippen molar-refractivity contribution in [2.75, 3.05) is 13.2 Å². The predicted molar refractivity (Wildman–Crippen MR) is 67.4 cm³/mol. The van der Waals surface area contributed by atoms with E-state index in [0.717, 1.165) is 5.56 Å². The maximum Gasteiger partial charge on any atom is 0.400 e. The number of hydrogen-bond acceptors (Lipinski definition) is 6. The number of carbonyl (C=O) groups is 1. The summed E-state index contributed by atoms with van der Waals surface area (Å²) in [5, 5.41) is 3.13. The minimum Gasteiger partial charge on any atom is -0.366 e. The topological polar surface area (TPSA) is 122 Å². The molecule has 0 radical (unpaired) electrons. The molecule has 1 saturated heterocycles. The number of carbonyl (C=O) groups excluding carboxylic acids is 1. The van der Waals surface area contributed by atoms with E-state index in [4.69, 9.17) is 14.5 Å². The molecule has 2 aliphatic heterocycles. The molecule has 9 heteroatoms. The fourth-order valence-electron chi connectivity index (χ4n) is 2.88. The van der Waals surface area contributed by atoms with Gasteiger partial charge < -0.3 is 5.73 Å². The minimum atomic E-state index is -4.86. The van der Waals surface area contributed by atoms with E-state index in [0.29, 0.717) is 12.1 Å². The van der Waals surface area contributed by atoms with Gasteiger partial charge in [-0.05, 0) is 5.56 Å². The van der Waals surface area contributed by atoms with Crippen molar-refractivity contribution < 1.29 is 21.9 Å². The molecule has 2 bridgehead atoms. The molecule has 4 N–H and O–H groups in total. The molecule has 1 aromatic rings. The van der Waals surface area contributed by atoms with Gasteiger partial charge in [0.2, 0.25) is 5.72 Å². The summed E-state index contributed by atoms with van der Waals surface area (Å²) in [4.78, 5) is 13.4. The summed E-state index contributed by atoms with van der Waals surface area (Å²) in [6.45, 7) is 0.577. The number of nitrogens with two attached hydrogens (primary N) is 1. The van der Waals surface area contributed by atoms with E-state index >= 15 is 0 Å². The molecule has 108 valence electrons. The number of primary amides is 1. The van der Waals surface area contributed by atoms with Gasteiger partial charge in [0, 0.05) is 18.2 Å². The van der Waals surface area contributed by atoms with Crippen LogP contribution in [0.1, 0.15) is 17.2 Å². The average molecular weight is 299 g/mol. The van der Waals surface area contributed by atoms with Gasteiger partial charge in [-0.3, -0.25) is 14.7 Å². The smallest absolute Gasteiger partial charge is 0.366 e. The standard InChI is InChI=1S/C11H13N3O5S/c12-10(15)11(19-20(16,17)18)8-4-2-1-3-7(8)9-5-14(11)6-13-9/h1-4,9,13H,5-6H2,(H2,12,15)(H,16,17,18). The molecule has 3 unspecified atom stereocenters. The van der Waals surface area contributed by atoms with Gasteiger partial charge in [-0.15, -0.1) is 0 Å². The Morgan fingerprint density at radius 1 is 1.50 bits per heavy atom. The SMILES string of the molecule is NC(=O)C1(OS(=O)(=O)O)c2ccccc2C2CN1CN2. The quantitative estimate of drug-likeness (QED) is 0.616.